The molecule has 2 heterocycles. The molecule has 1 amide bonds. The maximum atomic E-state index is 11.9. The van der Waals surface area contributed by atoms with Crippen molar-refractivity contribution < 1.29 is 4.79 Å². The molecule has 1 saturated heterocycles. The van der Waals surface area contributed by atoms with Crippen LogP contribution in [0.5, 0.6) is 0 Å². The second-order valence-corrected chi connectivity index (χ2v) is 5.46. The fourth-order valence-corrected chi connectivity index (χ4v) is 2.31. The smallest absolute Gasteiger partial charge is 0.239 e. The number of carbonyl (C=O) groups is 1. The molecular formula is C12H16Cl2N4O. The third-order valence-corrected chi connectivity index (χ3v) is 3.52. The quantitative estimate of drug-likeness (QED) is 0.921. The second-order valence-electron chi connectivity index (χ2n) is 4.61. The van der Waals surface area contributed by atoms with Crippen LogP contribution in [0.3, 0.4) is 0 Å². The number of likely N-dealkylation sites (N-methyl/N-ethyl adjacent to an activating group) is 1. The van der Waals surface area contributed by atoms with Crippen LogP contribution in [0.2, 0.25) is 10.0 Å². The van der Waals surface area contributed by atoms with Crippen LogP contribution in [0.1, 0.15) is 0 Å². The highest BCUT2D eigenvalue weighted by molar-refractivity contribution is 6.36. The number of piperazine rings is 1. The number of rotatable bonds is 3. The van der Waals surface area contributed by atoms with Gasteiger partial charge in [0.2, 0.25) is 5.91 Å². The van der Waals surface area contributed by atoms with E-state index < -0.39 is 0 Å². The van der Waals surface area contributed by atoms with Gasteiger partial charge in [0.05, 0.1) is 16.6 Å². The predicted molar refractivity (Wildman–Crippen MR) is 76.8 cm³/mol. The lowest BCUT2D eigenvalue weighted by Gasteiger charge is -2.31. The maximum absolute atomic E-state index is 11.9. The molecule has 1 aromatic heterocycles. The largest absolute Gasteiger partial charge is 0.308 e. The summed E-state index contributed by atoms with van der Waals surface area (Å²) < 4.78 is 0. The first-order chi connectivity index (χ1) is 9.04. The standard InChI is InChI=1S/C12H16Cl2N4O/c1-17-2-4-18(5-3-17)8-11(19)16-12-10(14)6-9(13)7-15-12/h6-7H,2-5,8H2,1H3,(H,15,16,19). The molecule has 0 atom stereocenters. The molecule has 0 radical (unpaired) electrons. The molecule has 1 fully saturated rings. The molecule has 1 N–H and O–H groups in total. The van der Waals surface area contributed by atoms with Crippen molar-refractivity contribution in [2.45, 2.75) is 0 Å². The molecule has 5 nitrogen and oxygen atoms in total. The van der Waals surface area contributed by atoms with E-state index in [4.69, 9.17) is 23.2 Å². The molecular weight excluding hydrogens is 287 g/mol. The van der Waals surface area contributed by atoms with Gasteiger partial charge in [-0.2, -0.15) is 0 Å². The number of aromatic nitrogens is 1. The van der Waals surface area contributed by atoms with Crippen LogP contribution in [0.15, 0.2) is 12.3 Å². The Balaban J connectivity index is 1.87. The van der Waals surface area contributed by atoms with Crippen molar-refractivity contribution in [3.05, 3.63) is 22.3 Å². The van der Waals surface area contributed by atoms with E-state index in [-0.39, 0.29) is 5.91 Å². The van der Waals surface area contributed by atoms with Crippen molar-refractivity contribution in [1.82, 2.24) is 14.8 Å². The van der Waals surface area contributed by atoms with E-state index >= 15 is 0 Å². The van der Waals surface area contributed by atoms with E-state index in [2.05, 4.69) is 27.1 Å². The maximum Gasteiger partial charge on any atom is 0.239 e. The van der Waals surface area contributed by atoms with E-state index in [1.54, 1.807) is 6.07 Å². The zero-order chi connectivity index (χ0) is 13.8. The number of hydrogen-bond donors (Lipinski definition) is 1. The lowest BCUT2D eigenvalue weighted by Crippen LogP contribution is -2.47. The number of nitrogens with zero attached hydrogens (tertiary/aromatic N) is 3. The summed E-state index contributed by atoms with van der Waals surface area (Å²) >= 11 is 11.7. The molecule has 1 aliphatic rings. The minimum Gasteiger partial charge on any atom is -0.308 e. The fourth-order valence-electron chi connectivity index (χ4n) is 1.89. The Bertz CT molecular complexity index is 461. The zero-order valence-corrected chi connectivity index (χ0v) is 12.2. The number of carbonyl (C=O) groups excluding carboxylic acids is 1. The van der Waals surface area contributed by atoms with E-state index in [1.165, 1.54) is 6.20 Å². The topological polar surface area (TPSA) is 48.5 Å². The first-order valence-corrected chi connectivity index (χ1v) is 6.82. The van der Waals surface area contributed by atoms with Gasteiger partial charge < -0.3 is 10.2 Å². The van der Waals surface area contributed by atoms with Gasteiger partial charge in [0.25, 0.3) is 0 Å². The second kappa shape index (κ2) is 6.52. The Morgan fingerprint density at radius 3 is 2.68 bits per heavy atom. The third kappa shape index (κ3) is 4.31. The lowest BCUT2D eigenvalue weighted by molar-refractivity contribution is -0.117. The average Bonchev–Trinajstić information content (AvgIpc) is 2.36. The number of halogens is 2. The van der Waals surface area contributed by atoms with E-state index in [0.717, 1.165) is 26.2 Å². The number of pyridine rings is 1. The SMILES string of the molecule is CN1CCN(CC(=O)Nc2ncc(Cl)cc2Cl)CC1. The van der Waals surface area contributed by atoms with Crippen LogP contribution >= 0.6 is 23.2 Å². The minimum absolute atomic E-state index is 0.110. The van der Waals surface area contributed by atoms with Crippen LogP contribution < -0.4 is 5.32 Å². The van der Waals surface area contributed by atoms with Crippen LogP contribution in [0, 0.1) is 0 Å². The summed E-state index contributed by atoms with van der Waals surface area (Å²) in [5, 5.41) is 3.49. The van der Waals surface area contributed by atoms with Crippen LogP contribution in [-0.4, -0.2) is 60.5 Å². The van der Waals surface area contributed by atoms with Crippen molar-refractivity contribution in [2.75, 3.05) is 45.1 Å². The van der Waals surface area contributed by atoms with Gasteiger partial charge in [0, 0.05) is 32.4 Å². The summed E-state index contributed by atoms with van der Waals surface area (Å²) in [5.74, 6) is 0.242. The number of hydrogen-bond acceptors (Lipinski definition) is 4. The fraction of sp³-hybridized carbons (Fsp3) is 0.500. The predicted octanol–water partition coefficient (Wildman–Crippen LogP) is 1.57. The molecule has 1 aromatic rings. The Kier molecular flexibility index (Phi) is 4.99. The highest BCUT2D eigenvalue weighted by atomic mass is 35.5. The van der Waals surface area contributed by atoms with Gasteiger partial charge >= 0.3 is 0 Å². The molecule has 0 aliphatic carbocycles. The molecule has 0 bridgehead atoms. The summed E-state index contributed by atoms with van der Waals surface area (Å²) in [6.07, 6.45) is 1.46. The monoisotopic (exact) mass is 302 g/mol. The van der Waals surface area contributed by atoms with Crippen molar-refractivity contribution in [3.63, 3.8) is 0 Å². The molecule has 0 aromatic carbocycles. The molecule has 0 spiro atoms. The van der Waals surface area contributed by atoms with E-state index in [1.807, 2.05) is 0 Å². The number of anilines is 1. The first kappa shape index (κ1) is 14.5. The highest BCUT2D eigenvalue weighted by Crippen LogP contribution is 2.22. The van der Waals surface area contributed by atoms with Gasteiger partial charge in [0.15, 0.2) is 5.82 Å². The van der Waals surface area contributed by atoms with Crippen LogP contribution in [0.4, 0.5) is 5.82 Å². The van der Waals surface area contributed by atoms with Gasteiger partial charge in [-0.05, 0) is 13.1 Å². The van der Waals surface area contributed by atoms with Gasteiger partial charge in [-0.3, -0.25) is 9.69 Å². The Morgan fingerprint density at radius 1 is 1.37 bits per heavy atom. The van der Waals surface area contributed by atoms with Crippen LogP contribution in [-0.2, 0) is 4.79 Å². The van der Waals surface area contributed by atoms with E-state index in [0.29, 0.717) is 22.4 Å². The van der Waals surface area contributed by atoms with Gasteiger partial charge in [-0.25, -0.2) is 4.98 Å². The van der Waals surface area contributed by atoms with Crippen molar-refractivity contribution in [2.24, 2.45) is 0 Å². The van der Waals surface area contributed by atoms with Crippen molar-refractivity contribution >= 4 is 34.9 Å². The first-order valence-electron chi connectivity index (χ1n) is 6.06. The molecule has 0 unspecified atom stereocenters. The highest BCUT2D eigenvalue weighted by Gasteiger charge is 2.17. The van der Waals surface area contributed by atoms with Gasteiger partial charge in [-0.1, -0.05) is 23.2 Å². The van der Waals surface area contributed by atoms with E-state index in [9.17, 15) is 4.79 Å². The summed E-state index contributed by atoms with van der Waals surface area (Å²) in [6, 6.07) is 1.56. The minimum atomic E-state index is -0.110. The van der Waals surface area contributed by atoms with Gasteiger partial charge in [0.1, 0.15) is 0 Å². The number of nitrogens with one attached hydrogen (secondary N) is 1. The van der Waals surface area contributed by atoms with Crippen molar-refractivity contribution in [1.29, 1.82) is 0 Å². The Labute approximate surface area is 122 Å². The van der Waals surface area contributed by atoms with Gasteiger partial charge in [-0.15, -0.1) is 0 Å². The Hall–Kier alpha value is -0.880. The van der Waals surface area contributed by atoms with Crippen molar-refractivity contribution in [3.8, 4) is 0 Å². The molecule has 19 heavy (non-hydrogen) atoms. The summed E-state index contributed by atoms with van der Waals surface area (Å²) in [5.41, 5.74) is 0. The summed E-state index contributed by atoms with van der Waals surface area (Å²) in [4.78, 5) is 20.3. The summed E-state index contributed by atoms with van der Waals surface area (Å²) in [6.45, 7) is 4.10. The normalized spacial score (nSPS) is 17.4. The van der Waals surface area contributed by atoms with Crippen LogP contribution in [0.25, 0.3) is 0 Å². The average molecular weight is 303 g/mol. The molecule has 7 heteroatoms. The molecule has 2 rings (SSSR count). The molecule has 1 aliphatic heterocycles. The number of amides is 1. The summed E-state index contributed by atoms with van der Waals surface area (Å²) in [7, 11) is 2.08. The Morgan fingerprint density at radius 2 is 2.05 bits per heavy atom. The molecule has 104 valence electrons. The zero-order valence-electron chi connectivity index (χ0n) is 10.7. The third-order valence-electron chi connectivity index (χ3n) is 3.03. The molecule has 0 saturated carbocycles. The lowest BCUT2D eigenvalue weighted by atomic mass is 10.3.